The van der Waals surface area contributed by atoms with E-state index in [-0.39, 0.29) is 11.3 Å². The summed E-state index contributed by atoms with van der Waals surface area (Å²) in [7, 11) is 0. The van der Waals surface area contributed by atoms with E-state index in [1.54, 1.807) is 42.5 Å². The van der Waals surface area contributed by atoms with Crippen molar-refractivity contribution in [2.45, 2.75) is 6.04 Å². The molecule has 1 amide bonds. The van der Waals surface area contributed by atoms with Crippen LogP contribution in [0.3, 0.4) is 0 Å². The van der Waals surface area contributed by atoms with E-state index in [2.05, 4.69) is 26.4 Å². The number of benzene rings is 3. The number of anilines is 1. The number of hydrogen-bond acceptors (Lipinski definition) is 4. The van der Waals surface area contributed by atoms with Crippen LogP contribution in [0.1, 0.15) is 37.9 Å². The number of hydrogen-bond donors (Lipinski definition) is 2. The summed E-state index contributed by atoms with van der Waals surface area (Å²) in [6.45, 7) is 0. The van der Waals surface area contributed by atoms with Crippen LogP contribution in [0.15, 0.2) is 82.4 Å². The van der Waals surface area contributed by atoms with Gasteiger partial charge < -0.3 is 10.4 Å². The number of halogens is 1. The molecule has 7 heteroatoms. The van der Waals surface area contributed by atoms with Crippen molar-refractivity contribution in [3.63, 3.8) is 0 Å². The fourth-order valence-electron chi connectivity index (χ4n) is 2.80. The maximum Gasteiger partial charge on any atom is 0.337 e. The molecule has 0 heterocycles. The zero-order chi connectivity index (χ0) is 20.1. The van der Waals surface area contributed by atoms with Crippen LogP contribution in [0.25, 0.3) is 0 Å². The zero-order valence-corrected chi connectivity index (χ0v) is 16.1. The fourth-order valence-corrected chi connectivity index (χ4v) is 3.16. The molecule has 0 aliphatic heterocycles. The van der Waals surface area contributed by atoms with Crippen LogP contribution in [-0.2, 0) is 0 Å². The summed E-state index contributed by atoms with van der Waals surface area (Å²) >= 11 is 3.22. The third kappa shape index (κ3) is 4.32. The molecule has 0 bridgehead atoms. The Hall–Kier alpha value is -3.32. The van der Waals surface area contributed by atoms with Gasteiger partial charge in [-0.25, -0.2) is 4.79 Å². The molecule has 0 aromatic heterocycles. The van der Waals surface area contributed by atoms with Crippen LogP contribution in [0.4, 0.5) is 5.69 Å². The van der Waals surface area contributed by atoms with Crippen LogP contribution in [-0.4, -0.2) is 17.0 Å². The summed E-state index contributed by atoms with van der Waals surface area (Å²) < 4.78 is 0.590. The molecule has 3 aromatic carbocycles. The normalized spacial score (nSPS) is 11.5. The second-order valence-corrected chi connectivity index (χ2v) is 6.91. The summed E-state index contributed by atoms with van der Waals surface area (Å²) in [5.41, 5.74) is 1.73. The maximum atomic E-state index is 12.6. The van der Waals surface area contributed by atoms with Crippen molar-refractivity contribution >= 4 is 33.5 Å². The van der Waals surface area contributed by atoms with E-state index in [4.69, 9.17) is 0 Å². The van der Waals surface area contributed by atoms with Crippen molar-refractivity contribution in [3.8, 4) is 0 Å². The van der Waals surface area contributed by atoms with Crippen LogP contribution in [0, 0.1) is 4.91 Å². The van der Waals surface area contributed by atoms with Gasteiger partial charge in [-0.15, -0.1) is 4.91 Å². The van der Waals surface area contributed by atoms with Crippen molar-refractivity contribution in [1.82, 2.24) is 0 Å². The van der Waals surface area contributed by atoms with E-state index in [1.807, 2.05) is 18.2 Å². The topological polar surface area (TPSA) is 95.8 Å². The minimum Gasteiger partial charge on any atom is -0.478 e. The van der Waals surface area contributed by atoms with Gasteiger partial charge in [0.05, 0.1) is 11.3 Å². The monoisotopic (exact) mass is 438 g/mol. The summed E-state index contributed by atoms with van der Waals surface area (Å²) in [6, 6.07) is 19.4. The second-order valence-electron chi connectivity index (χ2n) is 5.99. The van der Waals surface area contributed by atoms with E-state index >= 15 is 0 Å². The van der Waals surface area contributed by atoms with E-state index in [0.29, 0.717) is 15.6 Å². The third-order valence-electron chi connectivity index (χ3n) is 4.15. The number of nitrogens with zero attached hydrogens (tertiary/aromatic N) is 1. The Morgan fingerprint density at radius 3 is 2.32 bits per heavy atom. The number of carboxylic acids is 1. The molecule has 3 aromatic rings. The number of nitroso groups, excluding NO2 is 1. The van der Waals surface area contributed by atoms with Gasteiger partial charge in [0.15, 0.2) is 0 Å². The van der Waals surface area contributed by atoms with Gasteiger partial charge in [-0.2, -0.15) is 0 Å². The molecule has 0 aliphatic carbocycles. The fraction of sp³-hybridized carbons (Fsp3) is 0.0476. The standard InChI is InChI=1S/C21H15BrN2O4/c22-16-9-10-18(17(12-16)21(26)27)23-20(25)15-8-4-7-14(11-15)19(24-28)13-5-2-1-3-6-13/h1-12,19H,(H,23,25)(H,26,27). The lowest BCUT2D eigenvalue weighted by Crippen LogP contribution is -2.15. The Morgan fingerprint density at radius 1 is 0.929 bits per heavy atom. The average molecular weight is 439 g/mol. The van der Waals surface area contributed by atoms with Crippen LogP contribution in [0.5, 0.6) is 0 Å². The molecule has 1 atom stereocenters. The Bertz CT molecular complexity index is 1040. The number of aromatic carboxylic acids is 1. The Balaban J connectivity index is 1.89. The third-order valence-corrected chi connectivity index (χ3v) is 4.64. The highest BCUT2D eigenvalue weighted by Crippen LogP contribution is 2.27. The quantitative estimate of drug-likeness (QED) is 0.513. The smallest absolute Gasteiger partial charge is 0.337 e. The van der Waals surface area contributed by atoms with Crippen molar-refractivity contribution in [2.75, 3.05) is 5.32 Å². The summed E-state index contributed by atoms with van der Waals surface area (Å²) in [5, 5.41) is 15.1. The predicted molar refractivity (Wildman–Crippen MR) is 110 cm³/mol. The van der Waals surface area contributed by atoms with Gasteiger partial charge >= 0.3 is 5.97 Å². The molecule has 0 aliphatic rings. The lowest BCUT2D eigenvalue weighted by molar-refractivity contribution is 0.0698. The minimum absolute atomic E-state index is 0.0319. The largest absolute Gasteiger partial charge is 0.478 e. The number of nitrogens with one attached hydrogen (secondary N) is 1. The van der Waals surface area contributed by atoms with Gasteiger partial charge in [0, 0.05) is 10.0 Å². The van der Waals surface area contributed by atoms with Crippen molar-refractivity contribution < 1.29 is 14.7 Å². The number of amides is 1. The molecule has 0 saturated carbocycles. The molecule has 0 spiro atoms. The Morgan fingerprint density at radius 2 is 1.64 bits per heavy atom. The first-order chi connectivity index (χ1) is 13.5. The number of carboxylic acid groups (broad SMARTS) is 1. The highest BCUT2D eigenvalue weighted by molar-refractivity contribution is 9.10. The number of carbonyl (C=O) groups is 2. The molecule has 1 unspecified atom stereocenters. The maximum absolute atomic E-state index is 12.6. The van der Waals surface area contributed by atoms with Crippen LogP contribution >= 0.6 is 15.9 Å². The second kappa shape index (κ2) is 8.58. The minimum atomic E-state index is -1.15. The first-order valence-corrected chi connectivity index (χ1v) is 9.10. The molecule has 0 saturated heterocycles. The first kappa shape index (κ1) is 19.4. The average Bonchev–Trinajstić information content (AvgIpc) is 2.71. The van der Waals surface area contributed by atoms with Crippen LogP contribution < -0.4 is 5.32 Å². The van der Waals surface area contributed by atoms with Crippen molar-refractivity contribution in [1.29, 1.82) is 0 Å². The number of rotatable bonds is 6. The zero-order valence-electron chi connectivity index (χ0n) is 14.5. The molecule has 0 radical (unpaired) electrons. The summed E-state index contributed by atoms with van der Waals surface area (Å²) in [5.74, 6) is -1.64. The number of carbonyl (C=O) groups excluding carboxylic acids is 1. The molecular formula is C21H15BrN2O4. The molecule has 2 N–H and O–H groups in total. The van der Waals surface area contributed by atoms with Crippen molar-refractivity contribution in [3.05, 3.63) is 104 Å². The Labute approximate surface area is 169 Å². The van der Waals surface area contributed by atoms with Gasteiger partial charge in [-0.05, 0) is 41.5 Å². The highest BCUT2D eigenvalue weighted by Gasteiger charge is 2.18. The van der Waals surface area contributed by atoms with Crippen molar-refractivity contribution in [2.24, 2.45) is 5.18 Å². The molecule has 140 valence electrons. The van der Waals surface area contributed by atoms with E-state index in [9.17, 15) is 19.6 Å². The first-order valence-electron chi connectivity index (χ1n) is 8.31. The van der Waals surface area contributed by atoms with E-state index < -0.39 is 17.9 Å². The van der Waals surface area contributed by atoms with Gasteiger partial charge in [0.2, 0.25) is 0 Å². The van der Waals surface area contributed by atoms with E-state index in [1.165, 1.54) is 12.1 Å². The lowest BCUT2D eigenvalue weighted by Gasteiger charge is -2.12. The molecule has 6 nitrogen and oxygen atoms in total. The van der Waals surface area contributed by atoms with Gasteiger partial charge in [-0.1, -0.05) is 63.6 Å². The summed E-state index contributed by atoms with van der Waals surface area (Å²) in [4.78, 5) is 35.5. The van der Waals surface area contributed by atoms with E-state index in [0.717, 1.165) is 5.56 Å². The molecule has 28 heavy (non-hydrogen) atoms. The predicted octanol–water partition coefficient (Wildman–Crippen LogP) is 5.26. The van der Waals surface area contributed by atoms with Crippen LogP contribution in [0.2, 0.25) is 0 Å². The van der Waals surface area contributed by atoms with Gasteiger partial charge in [0.25, 0.3) is 5.91 Å². The molecule has 3 rings (SSSR count). The highest BCUT2D eigenvalue weighted by atomic mass is 79.9. The van der Waals surface area contributed by atoms with Gasteiger partial charge in [0.1, 0.15) is 6.04 Å². The van der Waals surface area contributed by atoms with Gasteiger partial charge in [-0.3, -0.25) is 4.79 Å². The lowest BCUT2D eigenvalue weighted by atomic mass is 9.97. The summed E-state index contributed by atoms with van der Waals surface area (Å²) in [6.07, 6.45) is 0. The molecule has 0 fully saturated rings. The SMILES string of the molecule is O=NC(c1ccccc1)c1cccc(C(=O)Nc2ccc(Br)cc2C(=O)O)c1. The molecular weight excluding hydrogens is 424 g/mol. The Kier molecular flexibility index (Phi) is 5.96.